The number of carbonyl (C=O) groups excluding carboxylic acids is 1. The summed E-state index contributed by atoms with van der Waals surface area (Å²) in [6.45, 7) is 0.962. The van der Waals surface area contributed by atoms with Crippen LogP contribution in [0.1, 0.15) is 5.56 Å². The minimum absolute atomic E-state index is 0.184. The molecule has 0 unspecified atom stereocenters. The Morgan fingerprint density at radius 2 is 1.64 bits per heavy atom. The van der Waals surface area contributed by atoms with Gasteiger partial charge in [0.1, 0.15) is 0 Å². The minimum Gasteiger partial charge on any atom is -0.337 e. The molecule has 22 heavy (non-hydrogen) atoms. The molecule has 0 radical (unpaired) electrons. The second kappa shape index (κ2) is 9.54. The molecule has 0 fully saturated rings. The standard InChI is InChI=1S/C18H18N2OS/c21-18(19-13-7-10-16-8-3-1-4-9-16)20-14-15-22-17-11-5-2-6-12-17/h1-6,8-9,11-12H,13-15H2,(H2,19,20,21). The number of rotatable bonds is 5. The van der Waals surface area contributed by atoms with Crippen LogP contribution in [-0.2, 0) is 0 Å². The summed E-state index contributed by atoms with van der Waals surface area (Å²) in [6, 6.07) is 19.6. The van der Waals surface area contributed by atoms with E-state index in [1.165, 1.54) is 4.90 Å². The van der Waals surface area contributed by atoms with Gasteiger partial charge in [-0.05, 0) is 24.3 Å². The molecule has 0 aliphatic rings. The van der Waals surface area contributed by atoms with E-state index in [-0.39, 0.29) is 6.03 Å². The van der Waals surface area contributed by atoms with Crippen molar-refractivity contribution in [1.29, 1.82) is 0 Å². The van der Waals surface area contributed by atoms with E-state index in [2.05, 4.69) is 34.6 Å². The smallest absolute Gasteiger partial charge is 0.315 e. The Balaban J connectivity index is 1.58. The Kier molecular flexibility index (Phi) is 6.94. The van der Waals surface area contributed by atoms with Crippen LogP contribution in [0.4, 0.5) is 4.79 Å². The molecule has 0 aromatic heterocycles. The molecule has 0 aliphatic heterocycles. The highest BCUT2D eigenvalue weighted by atomic mass is 32.2. The molecule has 3 nitrogen and oxygen atoms in total. The molecule has 0 aliphatic carbocycles. The molecule has 2 rings (SSSR count). The average Bonchev–Trinajstić information content (AvgIpc) is 2.57. The first-order valence-corrected chi connectivity index (χ1v) is 8.06. The summed E-state index contributed by atoms with van der Waals surface area (Å²) in [5.41, 5.74) is 0.948. The van der Waals surface area contributed by atoms with Crippen LogP contribution in [0.3, 0.4) is 0 Å². The van der Waals surface area contributed by atoms with Crippen molar-refractivity contribution in [3.8, 4) is 11.8 Å². The SMILES string of the molecule is O=C(NCC#Cc1ccccc1)NCCSc1ccccc1. The fourth-order valence-corrected chi connectivity index (χ4v) is 2.49. The average molecular weight is 310 g/mol. The minimum atomic E-state index is -0.184. The van der Waals surface area contributed by atoms with Gasteiger partial charge in [-0.3, -0.25) is 0 Å². The van der Waals surface area contributed by atoms with Gasteiger partial charge < -0.3 is 10.6 Å². The van der Waals surface area contributed by atoms with Gasteiger partial charge in [-0.1, -0.05) is 48.2 Å². The lowest BCUT2D eigenvalue weighted by molar-refractivity contribution is 0.242. The Hall–Kier alpha value is -2.38. The van der Waals surface area contributed by atoms with Crippen LogP contribution in [0.2, 0.25) is 0 Å². The lowest BCUT2D eigenvalue weighted by Crippen LogP contribution is -2.36. The van der Waals surface area contributed by atoms with E-state index in [1.54, 1.807) is 11.8 Å². The van der Waals surface area contributed by atoms with Gasteiger partial charge >= 0.3 is 6.03 Å². The molecule has 0 saturated carbocycles. The van der Waals surface area contributed by atoms with Crippen molar-refractivity contribution in [3.05, 3.63) is 66.2 Å². The van der Waals surface area contributed by atoms with E-state index >= 15 is 0 Å². The van der Waals surface area contributed by atoms with Crippen LogP contribution < -0.4 is 10.6 Å². The van der Waals surface area contributed by atoms with E-state index < -0.39 is 0 Å². The molecule has 0 saturated heterocycles. The molecular formula is C18H18N2OS. The van der Waals surface area contributed by atoms with Crippen molar-refractivity contribution in [2.24, 2.45) is 0 Å². The summed E-state index contributed by atoms with van der Waals surface area (Å²) < 4.78 is 0. The Bertz CT molecular complexity index is 632. The molecule has 2 N–H and O–H groups in total. The van der Waals surface area contributed by atoms with Crippen molar-refractivity contribution < 1.29 is 4.79 Å². The first-order valence-electron chi connectivity index (χ1n) is 7.08. The third-order valence-corrected chi connectivity index (χ3v) is 3.76. The second-order valence-corrected chi connectivity index (χ2v) is 5.61. The summed E-state index contributed by atoms with van der Waals surface area (Å²) >= 11 is 1.72. The van der Waals surface area contributed by atoms with Crippen LogP contribution >= 0.6 is 11.8 Å². The van der Waals surface area contributed by atoms with Gasteiger partial charge in [0, 0.05) is 22.8 Å². The Labute approximate surface area is 135 Å². The summed E-state index contributed by atoms with van der Waals surface area (Å²) in [4.78, 5) is 12.8. The van der Waals surface area contributed by atoms with Crippen molar-refractivity contribution in [3.63, 3.8) is 0 Å². The van der Waals surface area contributed by atoms with Crippen molar-refractivity contribution in [2.75, 3.05) is 18.8 Å². The maximum absolute atomic E-state index is 11.6. The predicted molar refractivity (Wildman–Crippen MR) is 91.9 cm³/mol. The molecular weight excluding hydrogens is 292 g/mol. The predicted octanol–water partition coefficient (Wildman–Crippen LogP) is 3.13. The number of amides is 2. The van der Waals surface area contributed by atoms with Crippen LogP contribution in [0.5, 0.6) is 0 Å². The third-order valence-electron chi connectivity index (χ3n) is 2.74. The van der Waals surface area contributed by atoms with E-state index in [9.17, 15) is 4.79 Å². The normalized spacial score (nSPS) is 9.45. The van der Waals surface area contributed by atoms with Crippen molar-refractivity contribution in [1.82, 2.24) is 10.6 Å². The van der Waals surface area contributed by atoms with E-state index in [4.69, 9.17) is 0 Å². The van der Waals surface area contributed by atoms with E-state index in [0.29, 0.717) is 13.1 Å². The molecule has 0 atom stereocenters. The molecule has 2 amide bonds. The summed E-state index contributed by atoms with van der Waals surface area (Å²) in [7, 11) is 0. The first kappa shape index (κ1) is 16.0. The van der Waals surface area contributed by atoms with Gasteiger partial charge in [0.25, 0.3) is 0 Å². The van der Waals surface area contributed by atoms with E-state index in [1.807, 2.05) is 48.5 Å². The molecule has 0 bridgehead atoms. The van der Waals surface area contributed by atoms with Gasteiger partial charge in [0.15, 0.2) is 0 Å². The highest BCUT2D eigenvalue weighted by molar-refractivity contribution is 7.99. The Morgan fingerprint density at radius 3 is 2.36 bits per heavy atom. The van der Waals surface area contributed by atoms with Crippen molar-refractivity contribution in [2.45, 2.75) is 4.90 Å². The summed E-state index contributed by atoms with van der Waals surface area (Å²) in [6.07, 6.45) is 0. The largest absolute Gasteiger partial charge is 0.337 e. The second-order valence-electron chi connectivity index (χ2n) is 4.44. The van der Waals surface area contributed by atoms with Gasteiger partial charge in [0.05, 0.1) is 6.54 Å². The quantitative estimate of drug-likeness (QED) is 0.506. The number of nitrogens with one attached hydrogen (secondary N) is 2. The zero-order valence-electron chi connectivity index (χ0n) is 12.2. The first-order chi connectivity index (χ1) is 10.8. The topological polar surface area (TPSA) is 41.1 Å². The number of thioether (sulfide) groups is 1. The molecule has 0 spiro atoms. The van der Waals surface area contributed by atoms with Crippen LogP contribution in [0.25, 0.3) is 0 Å². The number of urea groups is 1. The third kappa shape index (κ3) is 6.38. The highest BCUT2D eigenvalue weighted by Crippen LogP contribution is 2.15. The Morgan fingerprint density at radius 1 is 0.955 bits per heavy atom. The lowest BCUT2D eigenvalue weighted by atomic mass is 10.2. The highest BCUT2D eigenvalue weighted by Gasteiger charge is 1.97. The molecule has 4 heteroatoms. The number of hydrogen-bond acceptors (Lipinski definition) is 2. The maximum atomic E-state index is 11.6. The molecule has 2 aromatic carbocycles. The van der Waals surface area contributed by atoms with Crippen LogP contribution in [0.15, 0.2) is 65.6 Å². The number of carbonyl (C=O) groups is 1. The van der Waals surface area contributed by atoms with Crippen molar-refractivity contribution >= 4 is 17.8 Å². The fraction of sp³-hybridized carbons (Fsp3) is 0.167. The summed E-state index contributed by atoms with van der Waals surface area (Å²) in [5, 5.41) is 5.53. The molecule has 0 heterocycles. The van der Waals surface area contributed by atoms with Gasteiger partial charge in [-0.15, -0.1) is 11.8 Å². The number of benzene rings is 2. The molecule has 112 valence electrons. The fourth-order valence-electron chi connectivity index (χ4n) is 1.70. The zero-order chi connectivity index (χ0) is 15.5. The van der Waals surface area contributed by atoms with E-state index in [0.717, 1.165) is 11.3 Å². The van der Waals surface area contributed by atoms with Gasteiger partial charge in [-0.2, -0.15) is 0 Å². The summed E-state index contributed by atoms with van der Waals surface area (Å²) in [5.74, 6) is 6.75. The van der Waals surface area contributed by atoms with Gasteiger partial charge in [-0.25, -0.2) is 4.79 Å². The number of hydrogen-bond donors (Lipinski definition) is 2. The van der Waals surface area contributed by atoms with Crippen LogP contribution in [0, 0.1) is 11.8 Å². The van der Waals surface area contributed by atoms with Crippen LogP contribution in [-0.4, -0.2) is 24.9 Å². The monoisotopic (exact) mass is 310 g/mol. The maximum Gasteiger partial charge on any atom is 0.315 e. The molecule has 2 aromatic rings. The zero-order valence-corrected chi connectivity index (χ0v) is 13.0. The van der Waals surface area contributed by atoms with Gasteiger partial charge in [0.2, 0.25) is 0 Å². The lowest BCUT2D eigenvalue weighted by Gasteiger charge is -2.05.